The number of H-pyrrole nitrogens is 1. The highest BCUT2D eigenvalue weighted by Crippen LogP contribution is 2.25. The molecule has 106 valence electrons. The van der Waals surface area contributed by atoms with Crippen molar-refractivity contribution >= 4 is 17.0 Å². The largest absolute Gasteiger partial charge is 0.465 e. The molecule has 0 unspecified atom stereocenters. The predicted molar refractivity (Wildman–Crippen MR) is 73.9 cm³/mol. The highest BCUT2D eigenvalue weighted by molar-refractivity contribution is 5.89. The van der Waals surface area contributed by atoms with Gasteiger partial charge in [0, 0.05) is 17.6 Å². The molecular weight excluding hydrogens is 275 g/mol. The number of hydrogen-bond acceptors (Lipinski definition) is 4. The van der Waals surface area contributed by atoms with Gasteiger partial charge in [-0.05, 0) is 24.3 Å². The lowest BCUT2D eigenvalue weighted by atomic mass is 10.2. The van der Waals surface area contributed by atoms with Gasteiger partial charge in [0.05, 0.1) is 18.9 Å². The molecule has 0 aliphatic rings. The van der Waals surface area contributed by atoms with E-state index in [1.807, 2.05) is 6.07 Å². The number of ether oxygens (including phenoxy) is 2. The number of carbonyl (C=O) groups excluding carboxylic acids is 1. The number of aromatic amines is 1. The summed E-state index contributed by atoms with van der Waals surface area (Å²) in [4.78, 5) is 18.4. The van der Waals surface area contributed by atoms with Crippen LogP contribution in [0.15, 0.2) is 42.7 Å². The summed E-state index contributed by atoms with van der Waals surface area (Å²) >= 11 is 0. The van der Waals surface area contributed by atoms with Gasteiger partial charge in [-0.2, -0.15) is 0 Å². The fraction of sp³-hybridized carbons (Fsp3) is 0.0667. The molecule has 2 heterocycles. The van der Waals surface area contributed by atoms with Gasteiger partial charge in [0.15, 0.2) is 0 Å². The fourth-order valence-corrected chi connectivity index (χ4v) is 1.95. The minimum absolute atomic E-state index is 0.135. The molecule has 0 aliphatic heterocycles. The van der Waals surface area contributed by atoms with Crippen LogP contribution in [0.3, 0.4) is 0 Å². The maximum absolute atomic E-state index is 13.8. The van der Waals surface area contributed by atoms with Crippen LogP contribution in [-0.2, 0) is 4.74 Å². The van der Waals surface area contributed by atoms with E-state index in [0.29, 0.717) is 5.75 Å². The second-order valence-corrected chi connectivity index (χ2v) is 4.32. The van der Waals surface area contributed by atoms with E-state index in [-0.39, 0.29) is 11.3 Å². The minimum Gasteiger partial charge on any atom is -0.465 e. The molecule has 0 atom stereocenters. The highest BCUT2D eigenvalue weighted by atomic mass is 19.1. The van der Waals surface area contributed by atoms with Crippen molar-refractivity contribution in [2.45, 2.75) is 0 Å². The first kappa shape index (κ1) is 13.1. The predicted octanol–water partition coefficient (Wildman–Crippen LogP) is 3.28. The van der Waals surface area contributed by atoms with Gasteiger partial charge in [-0.1, -0.05) is 0 Å². The monoisotopic (exact) mass is 286 g/mol. The summed E-state index contributed by atoms with van der Waals surface area (Å²) in [5.41, 5.74) is 0.610. The van der Waals surface area contributed by atoms with Crippen LogP contribution in [-0.4, -0.2) is 23.0 Å². The molecule has 0 bridgehead atoms. The maximum Gasteiger partial charge on any atom is 0.340 e. The van der Waals surface area contributed by atoms with E-state index in [0.717, 1.165) is 17.1 Å². The molecule has 0 spiro atoms. The van der Waals surface area contributed by atoms with Crippen LogP contribution in [0.5, 0.6) is 11.5 Å². The van der Waals surface area contributed by atoms with Crippen LogP contribution in [0, 0.1) is 5.82 Å². The molecule has 5 nitrogen and oxygen atoms in total. The van der Waals surface area contributed by atoms with Crippen LogP contribution >= 0.6 is 0 Å². The van der Waals surface area contributed by atoms with Crippen LogP contribution in [0.1, 0.15) is 10.4 Å². The SMILES string of the molecule is COC(=O)c1ccc(Oc2cnc3[nH]ccc3c2)cc1F. The Kier molecular flexibility index (Phi) is 3.27. The van der Waals surface area contributed by atoms with Crippen molar-refractivity contribution in [2.24, 2.45) is 0 Å². The van der Waals surface area contributed by atoms with E-state index < -0.39 is 11.8 Å². The Labute approximate surface area is 119 Å². The number of nitrogens with one attached hydrogen (secondary N) is 1. The Morgan fingerprint density at radius 2 is 2.10 bits per heavy atom. The summed E-state index contributed by atoms with van der Waals surface area (Å²) < 4.78 is 23.8. The van der Waals surface area contributed by atoms with Gasteiger partial charge < -0.3 is 14.5 Å². The van der Waals surface area contributed by atoms with Crippen LogP contribution in [0.25, 0.3) is 11.0 Å². The first-order valence-corrected chi connectivity index (χ1v) is 6.16. The summed E-state index contributed by atoms with van der Waals surface area (Å²) in [6, 6.07) is 7.59. The van der Waals surface area contributed by atoms with Crippen molar-refractivity contribution in [3.05, 3.63) is 54.1 Å². The number of nitrogens with zero attached hydrogens (tertiary/aromatic N) is 1. The first-order chi connectivity index (χ1) is 10.2. The van der Waals surface area contributed by atoms with Gasteiger partial charge in [-0.25, -0.2) is 14.2 Å². The van der Waals surface area contributed by atoms with Gasteiger partial charge >= 0.3 is 5.97 Å². The van der Waals surface area contributed by atoms with Crippen LogP contribution in [0.2, 0.25) is 0 Å². The standard InChI is InChI=1S/C15H11FN2O3/c1-20-15(19)12-3-2-10(7-13(12)16)21-11-6-9-4-5-17-14(9)18-8-11/h2-8H,1H3,(H,17,18). The van der Waals surface area contributed by atoms with E-state index in [1.165, 1.54) is 25.4 Å². The van der Waals surface area contributed by atoms with Gasteiger partial charge in [-0.15, -0.1) is 0 Å². The number of halogens is 1. The van der Waals surface area contributed by atoms with Crippen molar-refractivity contribution < 1.29 is 18.7 Å². The van der Waals surface area contributed by atoms with E-state index in [9.17, 15) is 9.18 Å². The lowest BCUT2D eigenvalue weighted by Gasteiger charge is -2.07. The third kappa shape index (κ3) is 2.55. The summed E-state index contributed by atoms with van der Waals surface area (Å²) in [6.45, 7) is 0. The third-order valence-corrected chi connectivity index (χ3v) is 2.96. The Hall–Kier alpha value is -2.89. The molecule has 6 heteroatoms. The Balaban J connectivity index is 1.87. The summed E-state index contributed by atoms with van der Waals surface area (Å²) in [5.74, 6) is -0.673. The van der Waals surface area contributed by atoms with E-state index >= 15 is 0 Å². The summed E-state index contributed by atoms with van der Waals surface area (Å²) in [5, 5.41) is 0.888. The first-order valence-electron chi connectivity index (χ1n) is 6.16. The van der Waals surface area contributed by atoms with Gasteiger partial charge in [0.1, 0.15) is 23.0 Å². The Morgan fingerprint density at radius 3 is 2.86 bits per heavy atom. The van der Waals surface area contributed by atoms with Crippen molar-refractivity contribution in [2.75, 3.05) is 7.11 Å². The molecule has 0 radical (unpaired) electrons. The molecule has 0 fully saturated rings. The minimum atomic E-state index is -0.727. The fourth-order valence-electron chi connectivity index (χ4n) is 1.95. The number of benzene rings is 1. The number of hydrogen-bond donors (Lipinski definition) is 1. The molecule has 0 saturated heterocycles. The third-order valence-electron chi connectivity index (χ3n) is 2.96. The molecule has 0 amide bonds. The number of fused-ring (bicyclic) bond motifs is 1. The average molecular weight is 286 g/mol. The van der Waals surface area contributed by atoms with Gasteiger partial charge in [0.2, 0.25) is 0 Å². The number of rotatable bonds is 3. The molecule has 21 heavy (non-hydrogen) atoms. The van der Waals surface area contributed by atoms with Gasteiger partial charge in [0.25, 0.3) is 0 Å². The number of methoxy groups -OCH3 is 1. The highest BCUT2D eigenvalue weighted by Gasteiger charge is 2.13. The van der Waals surface area contributed by atoms with Crippen molar-refractivity contribution in [1.29, 1.82) is 0 Å². The normalized spacial score (nSPS) is 10.6. The zero-order valence-corrected chi connectivity index (χ0v) is 11.1. The second-order valence-electron chi connectivity index (χ2n) is 4.32. The molecule has 1 N–H and O–H groups in total. The second kappa shape index (κ2) is 5.24. The maximum atomic E-state index is 13.8. The zero-order valence-electron chi connectivity index (χ0n) is 11.1. The van der Waals surface area contributed by atoms with Gasteiger partial charge in [-0.3, -0.25) is 0 Å². The molecule has 0 aliphatic carbocycles. The summed E-state index contributed by atoms with van der Waals surface area (Å²) in [7, 11) is 1.20. The molecule has 1 aromatic carbocycles. The molecule has 3 rings (SSSR count). The lowest BCUT2D eigenvalue weighted by Crippen LogP contribution is -2.04. The van der Waals surface area contributed by atoms with E-state index in [2.05, 4.69) is 14.7 Å². The molecule has 2 aromatic heterocycles. The smallest absolute Gasteiger partial charge is 0.340 e. The van der Waals surface area contributed by atoms with Crippen LogP contribution in [0.4, 0.5) is 4.39 Å². The van der Waals surface area contributed by atoms with Crippen LogP contribution < -0.4 is 4.74 Å². The summed E-state index contributed by atoms with van der Waals surface area (Å²) in [6.07, 6.45) is 3.30. The number of aromatic nitrogens is 2. The Morgan fingerprint density at radius 1 is 1.24 bits per heavy atom. The van der Waals surface area contributed by atoms with Crippen molar-refractivity contribution in [3.8, 4) is 11.5 Å². The number of esters is 1. The number of carbonyl (C=O) groups is 1. The zero-order chi connectivity index (χ0) is 14.8. The quantitative estimate of drug-likeness (QED) is 0.750. The van der Waals surface area contributed by atoms with Crippen molar-refractivity contribution in [1.82, 2.24) is 9.97 Å². The molecule has 3 aromatic rings. The van der Waals surface area contributed by atoms with Crippen molar-refractivity contribution in [3.63, 3.8) is 0 Å². The molecular formula is C15H11FN2O3. The van der Waals surface area contributed by atoms with E-state index in [4.69, 9.17) is 4.74 Å². The van der Waals surface area contributed by atoms with E-state index in [1.54, 1.807) is 12.3 Å². The molecule has 0 saturated carbocycles. The lowest BCUT2D eigenvalue weighted by molar-refractivity contribution is 0.0595. The number of pyridine rings is 1. The Bertz CT molecular complexity index is 814. The topological polar surface area (TPSA) is 64.2 Å². The average Bonchev–Trinajstić information content (AvgIpc) is 2.94.